The molecule has 0 saturated heterocycles. The van der Waals surface area contributed by atoms with Crippen LogP contribution in [0.5, 0.6) is 0 Å². The minimum atomic E-state index is -1.82. The molecule has 0 heterocycles. The van der Waals surface area contributed by atoms with Gasteiger partial charge in [-0.1, -0.05) is 30.3 Å². The van der Waals surface area contributed by atoms with E-state index in [0.29, 0.717) is 5.75 Å². The molecule has 0 bridgehead atoms. The second kappa shape index (κ2) is 3.76. The first kappa shape index (κ1) is 9.33. The highest BCUT2D eigenvalue weighted by atomic mass is 32.2. The zero-order valence-corrected chi connectivity index (χ0v) is 8.14. The first-order valence-electron chi connectivity index (χ1n) is 3.92. The molecule has 1 atom stereocenters. The van der Waals surface area contributed by atoms with E-state index in [9.17, 15) is 4.21 Å². The number of hydrogen-bond acceptors (Lipinski definition) is 1. The van der Waals surface area contributed by atoms with Crippen LogP contribution in [-0.4, -0.2) is 22.1 Å². The Bertz CT molecular complexity index is 324. The molecule has 0 fully saturated rings. The first-order valence-corrected chi connectivity index (χ1v) is 6.22. The largest absolute Gasteiger partial charge is 0.268 e. The third-order valence-corrected chi connectivity index (χ3v) is 2.73. The SMILES string of the molecule is C=S(C)(=O)CCc1ccccc1. The lowest BCUT2D eigenvalue weighted by atomic mass is 10.2. The summed E-state index contributed by atoms with van der Waals surface area (Å²) < 4.78 is 11.2. The van der Waals surface area contributed by atoms with Crippen LogP contribution in [0.4, 0.5) is 0 Å². The predicted octanol–water partition coefficient (Wildman–Crippen LogP) is 1.58. The van der Waals surface area contributed by atoms with Gasteiger partial charge in [0.15, 0.2) is 0 Å². The Morgan fingerprint density at radius 1 is 1.33 bits per heavy atom. The quantitative estimate of drug-likeness (QED) is 0.649. The fourth-order valence-corrected chi connectivity index (χ4v) is 1.65. The van der Waals surface area contributed by atoms with Crippen molar-refractivity contribution in [1.29, 1.82) is 0 Å². The highest BCUT2D eigenvalue weighted by Crippen LogP contribution is 2.00. The third kappa shape index (κ3) is 3.58. The normalized spacial score (nSPS) is 15.4. The van der Waals surface area contributed by atoms with Gasteiger partial charge in [0, 0.05) is 12.0 Å². The van der Waals surface area contributed by atoms with Gasteiger partial charge in [-0.05, 0) is 27.4 Å². The number of hydrogen-bond donors (Lipinski definition) is 0. The number of aryl methyl sites for hydroxylation is 1. The Morgan fingerprint density at radius 2 is 1.92 bits per heavy atom. The maximum atomic E-state index is 11.2. The van der Waals surface area contributed by atoms with Gasteiger partial charge in [0.2, 0.25) is 0 Å². The molecule has 2 heteroatoms. The molecular weight excluding hydrogens is 168 g/mol. The van der Waals surface area contributed by atoms with Crippen molar-refractivity contribution in [2.45, 2.75) is 6.42 Å². The van der Waals surface area contributed by atoms with Gasteiger partial charge >= 0.3 is 0 Å². The molecule has 0 radical (unpaired) electrons. The van der Waals surface area contributed by atoms with Crippen molar-refractivity contribution in [2.24, 2.45) is 0 Å². The average molecular weight is 182 g/mol. The maximum absolute atomic E-state index is 11.2. The summed E-state index contributed by atoms with van der Waals surface area (Å²) in [6, 6.07) is 10.1. The van der Waals surface area contributed by atoms with Crippen LogP contribution >= 0.6 is 0 Å². The van der Waals surface area contributed by atoms with Crippen molar-refractivity contribution in [1.82, 2.24) is 0 Å². The van der Waals surface area contributed by atoms with E-state index in [2.05, 4.69) is 5.87 Å². The van der Waals surface area contributed by atoms with Gasteiger partial charge < -0.3 is 0 Å². The van der Waals surface area contributed by atoms with E-state index in [4.69, 9.17) is 0 Å². The minimum Gasteiger partial charge on any atom is -0.268 e. The van der Waals surface area contributed by atoms with Crippen LogP contribution in [-0.2, 0) is 15.9 Å². The molecule has 1 aromatic rings. The molecule has 1 unspecified atom stereocenters. The van der Waals surface area contributed by atoms with Crippen LogP contribution in [0, 0.1) is 0 Å². The molecule has 1 nitrogen and oxygen atoms in total. The van der Waals surface area contributed by atoms with Crippen LogP contribution < -0.4 is 0 Å². The van der Waals surface area contributed by atoms with E-state index in [1.165, 1.54) is 5.56 Å². The highest BCUT2D eigenvalue weighted by Gasteiger charge is 1.96. The Kier molecular flexibility index (Phi) is 2.93. The summed E-state index contributed by atoms with van der Waals surface area (Å²) in [6.45, 7) is 0. The molecule has 0 amide bonds. The van der Waals surface area contributed by atoms with Gasteiger partial charge in [-0.15, -0.1) is 0 Å². The molecule has 0 N–H and O–H groups in total. The lowest BCUT2D eigenvalue weighted by molar-refractivity contribution is 0.684. The predicted molar refractivity (Wildman–Crippen MR) is 56.2 cm³/mol. The van der Waals surface area contributed by atoms with Crippen LogP contribution in [0.2, 0.25) is 0 Å². The van der Waals surface area contributed by atoms with Crippen LogP contribution in [0.1, 0.15) is 5.56 Å². The Balaban J connectivity index is 2.56. The smallest absolute Gasteiger partial charge is 0.0196 e. The summed E-state index contributed by atoms with van der Waals surface area (Å²) in [6.07, 6.45) is 2.57. The van der Waals surface area contributed by atoms with E-state index in [1.54, 1.807) is 6.26 Å². The third-order valence-electron chi connectivity index (χ3n) is 1.67. The van der Waals surface area contributed by atoms with Crippen molar-refractivity contribution in [3.63, 3.8) is 0 Å². The molecule has 0 aliphatic heterocycles. The van der Waals surface area contributed by atoms with Gasteiger partial charge in [0.05, 0.1) is 0 Å². The standard InChI is InChI=1S/C10H14OS/c1-12(2,11)9-8-10-6-4-3-5-7-10/h3-7H,1,8-9H2,2H3. The summed E-state index contributed by atoms with van der Waals surface area (Å²) in [5, 5.41) is 0. The molecule has 0 saturated carbocycles. The zero-order chi connectivity index (χ0) is 9.03. The van der Waals surface area contributed by atoms with Gasteiger partial charge in [-0.3, -0.25) is 4.21 Å². The van der Waals surface area contributed by atoms with Gasteiger partial charge in [0.25, 0.3) is 0 Å². The molecule has 12 heavy (non-hydrogen) atoms. The monoisotopic (exact) mass is 182 g/mol. The van der Waals surface area contributed by atoms with E-state index >= 15 is 0 Å². The molecule has 0 aliphatic carbocycles. The highest BCUT2D eigenvalue weighted by molar-refractivity contribution is 7.99. The average Bonchev–Trinajstić information content (AvgIpc) is 2.02. The molecule has 66 valence electrons. The molecule has 1 aromatic carbocycles. The van der Waals surface area contributed by atoms with Crippen molar-refractivity contribution in [3.05, 3.63) is 35.9 Å². The lowest BCUT2D eigenvalue weighted by Gasteiger charge is -2.01. The summed E-state index contributed by atoms with van der Waals surface area (Å²) >= 11 is 0. The van der Waals surface area contributed by atoms with Gasteiger partial charge in [-0.25, -0.2) is 0 Å². The lowest BCUT2D eigenvalue weighted by Crippen LogP contribution is -2.05. The fourth-order valence-electron chi connectivity index (χ4n) is 0.978. The topological polar surface area (TPSA) is 17.1 Å². The first-order chi connectivity index (χ1) is 5.58. The second-order valence-electron chi connectivity index (χ2n) is 3.12. The Hall–Kier alpha value is -0.760. The summed E-state index contributed by atoms with van der Waals surface area (Å²) in [5.74, 6) is 4.29. The fraction of sp³-hybridized carbons (Fsp3) is 0.300. The molecule has 1 rings (SSSR count). The van der Waals surface area contributed by atoms with E-state index in [-0.39, 0.29) is 0 Å². The zero-order valence-electron chi connectivity index (χ0n) is 7.32. The molecule has 0 spiro atoms. The Labute approximate surface area is 74.4 Å². The Morgan fingerprint density at radius 3 is 2.42 bits per heavy atom. The summed E-state index contributed by atoms with van der Waals surface area (Å²) in [7, 11) is -1.82. The minimum absolute atomic E-state index is 0.678. The van der Waals surface area contributed by atoms with Crippen LogP contribution in [0.15, 0.2) is 30.3 Å². The van der Waals surface area contributed by atoms with Gasteiger partial charge in [0.1, 0.15) is 0 Å². The van der Waals surface area contributed by atoms with Gasteiger partial charge in [-0.2, -0.15) is 0 Å². The van der Waals surface area contributed by atoms with E-state index in [1.807, 2.05) is 30.3 Å². The second-order valence-corrected chi connectivity index (χ2v) is 5.90. The number of benzene rings is 1. The summed E-state index contributed by atoms with van der Waals surface area (Å²) in [4.78, 5) is 0. The van der Waals surface area contributed by atoms with Crippen molar-refractivity contribution >= 4 is 15.4 Å². The molecule has 0 aromatic heterocycles. The van der Waals surface area contributed by atoms with Crippen LogP contribution in [0.3, 0.4) is 0 Å². The van der Waals surface area contributed by atoms with Crippen molar-refractivity contribution in [3.8, 4) is 0 Å². The molecular formula is C10H14OS. The summed E-state index contributed by atoms with van der Waals surface area (Å²) in [5.41, 5.74) is 1.23. The van der Waals surface area contributed by atoms with Crippen molar-refractivity contribution in [2.75, 3.05) is 12.0 Å². The maximum Gasteiger partial charge on any atom is 0.0196 e. The van der Waals surface area contributed by atoms with E-state index in [0.717, 1.165) is 6.42 Å². The number of rotatable bonds is 3. The van der Waals surface area contributed by atoms with E-state index < -0.39 is 9.52 Å². The molecule has 0 aliphatic rings. The van der Waals surface area contributed by atoms with Crippen molar-refractivity contribution < 1.29 is 4.21 Å². The van der Waals surface area contributed by atoms with Crippen LogP contribution in [0.25, 0.3) is 0 Å².